The quantitative estimate of drug-likeness (QED) is 0.470. The average molecular weight is 283 g/mol. The van der Waals surface area contributed by atoms with Gasteiger partial charge in [0, 0.05) is 6.54 Å². The van der Waals surface area contributed by atoms with Gasteiger partial charge in [0.1, 0.15) is 13.1 Å². The van der Waals surface area contributed by atoms with Gasteiger partial charge < -0.3 is 10.2 Å². The molecular weight excluding hydrogens is 258 g/mol. The van der Waals surface area contributed by atoms with Crippen LogP contribution in [0.1, 0.15) is 51.9 Å². The number of nitrogens with zero attached hydrogens (tertiary/aromatic N) is 1. The molecule has 20 heavy (non-hydrogen) atoms. The van der Waals surface area contributed by atoms with Gasteiger partial charge in [-0.3, -0.25) is 14.9 Å². The van der Waals surface area contributed by atoms with Crippen molar-refractivity contribution in [2.24, 2.45) is 0 Å². The zero-order chi connectivity index (χ0) is 14.8. The van der Waals surface area contributed by atoms with Gasteiger partial charge in [0.25, 0.3) is 0 Å². The van der Waals surface area contributed by atoms with Crippen LogP contribution in [0.5, 0.6) is 0 Å². The lowest BCUT2D eigenvalue weighted by atomic mass is 10.1. The van der Waals surface area contributed by atoms with Crippen molar-refractivity contribution in [2.45, 2.75) is 51.9 Å². The summed E-state index contributed by atoms with van der Waals surface area (Å²) < 4.78 is 0. The molecule has 1 heterocycles. The summed E-state index contributed by atoms with van der Waals surface area (Å²) in [5.74, 6) is -0.560. The molecule has 2 N–H and O–H groups in total. The number of carbonyl (C=O) groups excluding carboxylic acids is 3. The smallest absolute Gasteiger partial charge is 0.325 e. The Labute approximate surface area is 120 Å². The Kier molecular flexibility index (Phi) is 7.69. The number of amides is 4. The lowest BCUT2D eigenvalue weighted by Gasteiger charge is -2.12. The fraction of sp³-hybridized carbons (Fsp3) is 0.786. The van der Waals surface area contributed by atoms with Crippen molar-refractivity contribution < 1.29 is 14.4 Å². The topological polar surface area (TPSA) is 78.5 Å². The Morgan fingerprint density at radius 3 is 2.40 bits per heavy atom. The third-order valence-electron chi connectivity index (χ3n) is 3.30. The van der Waals surface area contributed by atoms with Crippen LogP contribution < -0.4 is 10.6 Å². The summed E-state index contributed by atoms with van der Waals surface area (Å²) in [5, 5.41) is 4.92. The van der Waals surface area contributed by atoms with E-state index in [1.807, 2.05) is 0 Å². The first kappa shape index (κ1) is 16.5. The molecule has 0 aromatic rings. The molecule has 4 amide bonds. The van der Waals surface area contributed by atoms with Crippen LogP contribution in [0, 0.1) is 0 Å². The number of urea groups is 1. The molecule has 1 aliphatic heterocycles. The van der Waals surface area contributed by atoms with Crippen molar-refractivity contribution in [3.8, 4) is 0 Å². The summed E-state index contributed by atoms with van der Waals surface area (Å²) in [5.41, 5.74) is 0. The lowest BCUT2D eigenvalue weighted by molar-refractivity contribution is -0.122. The minimum absolute atomic E-state index is 0.0241. The lowest BCUT2D eigenvalue weighted by Crippen LogP contribution is -2.39. The molecule has 0 aromatic carbocycles. The molecule has 0 atom stereocenters. The molecular formula is C14H25N3O3. The summed E-state index contributed by atoms with van der Waals surface area (Å²) >= 11 is 0. The molecule has 1 aliphatic rings. The second-order valence-electron chi connectivity index (χ2n) is 5.18. The maximum atomic E-state index is 11.6. The summed E-state index contributed by atoms with van der Waals surface area (Å²) in [6.45, 7) is 2.76. The van der Waals surface area contributed by atoms with Crippen molar-refractivity contribution in [1.29, 1.82) is 0 Å². The third-order valence-corrected chi connectivity index (χ3v) is 3.30. The minimum Gasteiger partial charge on any atom is -0.355 e. The van der Waals surface area contributed by atoms with Crippen molar-refractivity contribution in [3.63, 3.8) is 0 Å². The summed E-state index contributed by atoms with van der Waals surface area (Å²) in [6.07, 6.45) is 8.39. The molecule has 0 bridgehead atoms. The van der Waals surface area contributed by atoms with Gasteiger partial charge in [0.15, 0.2) is 0 Å². The van der Waals surface area contributed by atoms with Crippen molar-refractivity contribution in [2.75, 3.05) is 19.6 Å². The number of carbonyl (C=O) groups is 3. The van der Waals surface area contributed by atoms with E-state index in [0.29, 0.717) is 6.54 Å². The van der Waals surface area contributed by atoms with E-state index in [1.54, 1.807) is 0 Å². The average Bonchev–Trinajstić information content (AvgIpc) is 2.71. The van der Waals surface area contributed by atoms with Crippen molar-refractivity contribution >= 4 is 17.8 Å². The van der Waals surface area contributed by atoms with Crippen LogP contribution in [0.3, 0.4) is 0 Å². The number of rotatable bonds is 10. The molecule has 0 radical (unpaired) electrons. The fourth-order valence-electron chi connectivity index (χ4n) is 2.15. The van der Waals surface area contributed by atoms with Gasteiger partial charge in [-0.25, -0.2) is 4.79 Å². The maximum absolute atomic E-state index is 11.6. The molecule has 1 rings (SSSR count). The van der Waals surface area contributed by atoms with E-state index in [2.05, 4.69) is 17.6 Å². The van der Waals surface area contributed by atoms with Gasteiger partial charge in [0.05, 0.1) is 0 Å². The first-order chi connectivity index (χ1) is 9.63. The van der Waals surface area contributed by atoms with Gasteiger partial charge in [-0.1, -0.05) is 45.4 Å². The summed E-state index contributed by atoms with van der Waals surface area (Å²) in [4.78, 5) is 35.0. The van der Waals surface area contributed by atoms with E-state index >= 15 is 0 Å². The molecule has 1 saturated heterocycles. The molecule has 6 nitrogen and oxygen atoms in total. The molecule has 6 heteroatoms. The number of imide groups is 1. The fourth-order valence-corrected chi connectivity index (χ4v) is 2.15. The second kappa shape index (κ2) is 9.34. The highest BCUT2D eigenvalue weighted by Gasteiger charge is 2.27. The van der Waals surface area contributed by atoms with E-state index in [9.17, 15) is 14.4 Å². The van der Waals surface area contributed by atoms with E-state index in [4.69, 9.17) is 0 Å². The summed E-state index contributed by atoms with van der Waals surface area (Å²) in [6, 6.07) is -0.485. The van der Waals surface area contributed by atoms with Crippen molar-refractivity contribution in [3.05, 3.63) is 0 Å². The first-order valence-corrected chi connectivity index (χ1v) is 7.49. The Morgan fingerprint density at radius 1 is 1.15 bits per heavy atom. The largest absolute Gasteiger partial charge is 0.355 e. The highest BCUT2D eigenvalue weighted by Crippen LogP contribution is 2.06. The molecule has 0 unspecified atom stereocenters. The Balaban J connectivity index is 1.98. The zero-order valence-electron chi connectivity index (χ0n) is 12.2. The molecule has 0 aromatic heterocycles. The van der Waals surface area contributed by atoms with Gasteiger partial charge in [0.2, 0.25) is 11.8 Å². The van der Waals surface area contributed by atoms with Crippen LogP contribution in [0.4, 0.5) is 4.79 Å². The van der Waals surface area contributed by atoms with Gasteiger partial charge in [-0.15, -0.1) is 0 Å². The number of unbranched alkanes of at least 4 members (excludes halogenated alkanes) is 6. The second-order valence-corrected chi connectivity index (χ2v) is 5.18. The molecule has 1 fully saturated rings. The Morgan fingerprint density at radius 2 is 1.80 bits per heavy atom. The summed E-state index contributed by atoms with van der Waals surface area (Å²) in [7, 11) is 0. The predicted molar refractivity (Wildman–Crippen MR) is 76.1 cm³/mol. The van der Waals surface area contributed by atoms with Crippen molar-refractivity contribution in [1.82, 2.24) is 15.5 Å². The van der Waals surface area contributed by atoms with Crippen LogP contribution in [-0.2, 0) is 9.59 Å². The van der Waals surface area contributed by atoms with Crippen LogP contribution >= 0.6 is 0 Å². The van der Waals surface area contributed by atoms with Gasteiger partial charge in [-0.05, 0) is 6.42 Å². The van der Waals surface area contributed by atoms with E-state index in [0.717, 1.165) is 12.8 Å². The maximum Gasteiger partial charge on any atom is 0.325 e. The van der Waals surface area contributed by atoms with Crippen LogP contribution in [-0.4, -0.2) is 42.4 Å². The number of nitrogens with one attached hydrogen (secondary N) is 2. The first-order valence-electron chi connectivity index (χ1n) is 7.49. The van der Waals surface area contributed by atoms with E-state index in [-0.39, 0.29) is 24.9 Å². The molecule has 114 valence electrons. The van der Waals surface area contributed by atoms with Crippen LogP contribution in [0.15, 0.2) is 0 Å². The van der Waals surface area contributed by atoms with Gasteiger partial charge in [-0.2, -0.15) is 0 Å². The number of hydrogen-bond acceptors (Lipinski definition) is 3. The Bertz CT molecular complexity index is 345. The highest BCUT2D eigenvalue weighted by molar-refractivity contribution is 6.03. The highest BCUT2D eigenvalue weighted by atomic mass is 16.2. The standard InChI is InChI=1S/C14H25N3O3/c1-2-3-4-5-6-7-8-9-15-12(18)10-17-11-13(19)16-14(17)20/h2-11H2,1H3,(H,15,18)(H,16,19,20). The predicted octanol–water partition coefficient (Wildman–Crippen LogP) is 1.40. The SMILES string of the molecule is CCCCCCCCCNC(=O)CN1CC(=O)NC1=O. The van der Waals surface area contributed by atoms with Crippen LogP contribution in [0.25, 0.3) is 0 Å². The van der Waals surface area contributed by atoms with E-state index < -0.39 is 6.03 Å². The Hall–Kier alpha value is -1.59. The normalized spacial score (nSPS) is 14.6. The van der Waals surface area contributed by atoms with E-state index in [1.165, 1.54) is 37.0 Å². The molecule has 0 aliphatic carbocycles. The number of hydrogen-bond donors (Lipinski definition) is 2. The monoisotopic (exact) mass is 283 g/mol. The minimum atomic E-state index is -0.485. The third kappa shape index (κ3) is 6.54. The van der Waals surface area contributed by atoms with Gasteiger partial charge >= 0.3 is 6.03 Å². The zero-order valence-corrected chi connectivity index (χ0v) is 12.2. The molecule has 0 spiro atoms. The van der Waals surface area contributed by atoms with Crippen LogP contribution in [0.2, 0.25) is 0 Å². The molecule has 0 saturated carbocycles.